The van der Waals surface area contributed by atoms with Crippen LogP contribution in [-0.2, 0) is 11.3 Å². The van der Waals surface area contributed by atoms with Gasteiger partial charge in [-0.25, -0.2) is 0 Å². The zero-order valence-electron chi connectivity index (χ0n) is 10.1. The molecule has 0 saturated heterocycles. The summed E-state index contributed by atoms with van der Waals surface area (Å²) >= 11 is 0. The van der Waals surface area contributed by atoms with Crippen LogP contribution in [-0.4, -0.2) is 24.7 Å². The molecule has 86 valence electrons. The van der Waals surface area contributed by atoms with Crippen molar-refractivity contribution in [3.8, 4) is 0 Å². The number of ether oxygens (including phenoxy) is 1. The van der Waals surface area contributed by atoms with Crippen LogP contribution in [0.4, 0.5) is 0 Å². The molecule has 0 bridgehead atoms. The van der Waals surface area contributed by atoms with Crippen molar-refractivity contribution in [3.05, 3.63) is 24.0 Å². The summed E-state index contributed by atoms with van der Waals surface area (Å²) in [6, 6.07) is 2.08. The van der Waals surface area contributed by atoms with Gasteiger partial charge in [-0.05, 0) is 17.0 Å². The highest BCUT2D eigenvalue weighted by Gasteiger charge is 2.23. The zero-order valence-corrected chi connectivity index (χ0v) is 10.1. The highest BCUT2D eigenvalue weighted by molar-refractivity contribution is 5.07. The Hall–Kier alpha value is -0.800. The number of aromatic amines is 1. The number of nitrogens with one attached hydrogen (secondary N) is 2. The Morgan fingerprint density at radius 2 is 2.20 bits per heavy atom. The van der Waals surface area contributed by atoms with E-state index in [4.69, 9.17) is 4.74 Å². The van der Waals surface area contributed by atoms with E-state index in [1.54, 1.807) is 7.11 Å². The van der Waals surface area contributed by atoms with Crippen molar-refractivity contribution in [2.45, 2.75) is 33.4 Å². The molecule has 1 aromatic heterocycles. The summed E-state index contributed by atoms with van der Waals surface area (Å²) < 4.78 is 5.46. The Balaban J connectivity index is 2.29. The molecule has 0 fully saturated rings. The fourth-order valence-electron chi connectivity index (χ4n) is 1.56. The van der Waals surface area contributed by atoms with Gasteiger partial charge < -0.3 is 15.0 Å². The van der Waals surface area contributed by atoms with Crippen LogP contribution in [0.25, 0.3) is 0 Å². The van der Waals surface area contributed by atoms with Gasteiger partial charge >= 0.3 is 0 Å². The summed E-state index contributed by atoms with van der Waals surface area (Å²) in [5.41, 5.74) is 1.46. The Morgan fingerprint density at radius 3 is 2.67 bits per heavy atom. The van der Waals surface area contributed by atoms with Gasteiger partial charge in [-0.1, -0.05) is 20.8 Å². The minimum absolute atomic E-state index is 0.180. The summed E-state index contributed by atoms with van der Waals surface area (Å²) in [7, 11) is 1.77. The molecule has 1 aromatic rings. The molecule has 1 unspecified atom stereocenters. The van der Waals surface area contributed by atoms with Crippen LogP contribution in [0.2, 0.25) is 0 Å². The van der Waals surface area contributed by atoms with Crippen molar-refractivity contribution in [2.24, 2.45) is 5.41 Å². The SMILES string of the molecule is COC(CNCc1cc[nH]c1)C(C)(C)C. The van der Waals surface area contributed by atoms with Crippen molar-refractivity contribution in [1.29, 1.82) is 0 Å². The van der Waals surface area contributed by atoms with E-state index < -0.39 is 0 Å². The van der Waals surface area contributed by atoms with Gasteiger partial charge in [-0.2, -0.15) is 0 Å². The Bertz CT molecular complexity index is 262. The first-order valence-electron chi connectivity index (χ1n) is 5.39. The van der Waals surface area contributed by atoms with Crippen LogP contribution in [0.1, 0.15) is 26.3 Å². The van der Waals surface area contributed by atoms with Crippen LogP contribution in [0.5, 0.6) is 0 Å². The standard InChI is InChI=1S/C12H22N2O/c1-12(2,3)11(15-4)9-14-8-10-5-6-13-7-10/h5-7,11,13-14H,8-9H2,1-4H3. The Labute approximate surface area is 92.2 Å². The second-order valence-corrected chi connectivity index (χ2v) is 4.94. The smallest absolute Gasteiger partial charge is 0.0743 e. The monoisotopic (exact) mass is 210 g/mol. The molecule has 0 aliphatic rings. The lowest BCUT2D eigenvalue weighted by atomic mass is 9.89. The first-order chi connectivity index (χ1) is 7.04. The topological polar surface area (TPSA) is 37.0 Å². The molecule has 0 amide bonds. The summed E-state index contributed by atoms with van der Waals surface area (Å²) in [5.74, 6) is 0. The molecular weight excluding hydrogens is 188 g/mol. The van der Waals surface area contributed by atoms with E-state index in [1.807, 2.05) is 12.4 Å². The van der Waals surface area contributed by atoms with E-state index in [2.05, 4.69) is 37.1 Å². The molecular formula is C12H22N2O. The van der Waals surface area contributed by atoms with Crippen molar-refractivity contribution < 1.29 is 4.74 Å². The second-order valence-electron chi connectivity index (χ2n) is 4.94. The number of methoxy groups -OCH3 is 1. The molecule has 0 aliphatic carbocycles. The van der Waals surface area contributed by atoms with E-state index in [0.29, 0.717) is 0 Å². The quantitative estimate of drug-likeness (QED) is 0.781. The third kappa shape index (κ3) is 4.06. The predicted octanol–water partition coefficient (Wildman–Crippen LogP) is 2.17. The maximum absolute atomic E-state index is 5.46. The molecule has 1 rings (SSSR count). The van der Waals surface area contributed by atoms with Crippen molar-refractivity contribution in [2.75, 3.05) is 13.7 Å². The average molecular weight is 210 g/mol. The number of rotatable bonds is 5. The lowest BCUT2D eigenvalue weighted by molar-refractivity contribution is 0.0173. The molecule has 0 saturated carbocycles. The van der Waals surface area contributed by atoms with Gasteiger partial charge in [-0.15, -0.1) is 0 Å². The maximum atomic E-state index is 5.46. The normalized spacial score (nSPS) is 14.1. The fourth-order valence-corrected chi connectivity index (χ4v) is 1.56. The molecule has 0 radical (unpaired) electrons. The molecule has 2 N–H and O–H groups in total. The predicted molar refractivity (Wildman–Crippen MR) is 62.8 cm³/mol. The van der Waals surface area contributed by atoms with Gasteiger partial charge in [0.05, 0.1) is 6.10 Å². The minimum Gasteiger partial charge on any atom is -0.380 e. The molecule has 3 nitrogen and oxygen atoms in total. The van der Waals surface area contributed by atoms with E-state index in [0.717, 1.165) is 13.1 Å². The molecule has 0 spiro atoms. The van der Waals surface area contributed by atoms with Crippen LogP contribution in [0, 0.1) is 5.41 Å². The summed E-state index contributed by atoms with van der Waals surface area (Å²) in [6.45, 7) is 8.35. The Kier molecular flexibility index (Phi) is 4.36. The summed E-state index contributed by atoms with van der Waals surface area (Å²) in [4.78, 5) is 3.04. The van der Waals surface area contributed by atoms with Gasteiger partial charge in [0.2, 0.25) is 0 Å². The van der Waals surface area contributed by atoms with Gasteiger partial charge in [0.15, 0.2) is 0 Å². The molecule has 0 aromatic carbocycles. The zero-order chi connectivity index (χ0) is 11.3. The Morgan fingerprint density at radius 1 is 1.47 bits per heavy atom. The lowest BCUT2D eigenvalue weighted by Gasteiger charge is -2.29. The van der Waals surface area contributed by atoms with Crippen molar-refractivity contribution >= 4 is 0 Å². The van der Waals surface area contributed by atoms with Gasteiger partial charge in [0, 0.05) is 32.6 Å². The first kappa shape index (κ1) is 12.3. The average Bonchev–Trinajstić information content (AvgIpc) is 2.62. The minimum atomic E-state index is 0.180. The third-order valence-electron chi connectivity index (χ3n) is 2.57. The van der Waals surface area contributed by atoms with Crippen LogP contribution in [0.3, 0.4) is 0 Å². The first-order valence-corrected chi connectivity index (χ1v) is 5.39. The maximum Gasteiger partial charge on any atom is 0.0743 e. The molecule has 3 heteroatoms. The van der Waals surface area contributed by atoms with Crippen molar-refractivity contribution in [3.63, 3.8) is 0 Å². The largest absolute Gasteiger partial charge is 0.380 e. The number of hydrogen-bond acceptors (Lipinski definition) is 2. The third-order valence-corrected chi connectivity index (χ3v) is 2.57. The van der Waals surface area contributed by atoms with E-state index >= 15 is 0 Å². The number of hydrogen-bond donors (Lipinski definition) is 2. The highest BCUT2D eigenvalue weighted by Crippen LogP contribution is 2.20. The number of aromatic nitrogens is 1. The van der Waals surface area contributed by atoms with Gasteiger partial charge in [0.1, 0.15) is 0 Å². The van der Waals surface area contributed by atoms with Gasteiger partial charge in [-0.3, -0.25) is 0 Å². The van der Waals surface area contributed by atoms with E-state index in [-0.39, 0.29) is 11.5 Å². The summed E-state index contributed by atoms with van der Waals surface area (Å²) in [6.07, 6.45) is 4.19. The van der Waals surface area contributed by atoms with Crippen LogP contribution < -0.4 is 5.32 Å². The molecule has 1 heterocycles. The van der Waals surface area contributed by atoms with Crippen LogP contribution >= 0.6 is 0 Å². The van der Waals surface area contributed by atoms with Crippen LogP contribution in [0.15, 0.2) is 18.5 Å². The van der Waals surface area contributed by atoms with E-state index in [1.165, 1.54) is 5.56 Å². The summed E-state index contributed by atoms with van der Waals surface area (Å²) in [5, 5.41) is 3.40. The van der Waals surface area contributed by atoms with Crippen molar-refractivity contribution in [1.82, 2.24) is 10.3 Å². The molecule has 15 heavy (non-hydrogen) atoms. The lowest BCUT2D eigenvalue weighted by Crippen LogP contribution is -2.37. The molecule has 1 atom stereocenters. The highest BCUT2D eigenvalue weighted by atomic mass is 16.5. The second kappa shape index (κ2) is 5.33. The molecule has 0 aliphatic heterocycles. The number of H-pyrrole nitrogens is 1. The van der Waals surface area contributed by atoms with E-state index in [9.17, 15) is 0 Å². The fraction of sp³-hybridized carbons (Fsp3) is 0.667. The van der Waals surface area contributed by atoms with Gasteiger partial charge in [0.25, 0.3) is 0 Å².